The number of carbonyl (C=O) groups excluding carboxylic acids is 4. The Balaban J connectivity index is 2.18. The molecular formula is C12H20B2N4O8. The lowest BCUT2D eigenvalue weighted by molar-refractivity contribution is -0.141. The summed E-state index contributed by atoms with van der Waals surface area (Å²) in [4.78, 5) is 49.8. The van der Waals surface area contributed by atoms with E-state index in [9.17, 15) is 19.2 Å². The zero-order valence-corrected chi connectivity index (χ0v) is 14.8. The molecule has 2 aliphatic heterocycles. The minimum Gasteiger partial charge on any atom is -0.399 e. The fourth-order valence-electron chi connectivity index (χ4n) is 2.50. The van der Waals surface area contributed by atoms with Crippen LogP contribution in [0.25, 0.3) is 0 Å². The van der Waals surface area contributed by atoms with Gasteiger partial charge in [-0.1, -0.05) is 0 Å². The van der Waals surface area contributed by atoms with Gasteiger partial charge in [-0.2, -0.15) is 0 Å². The first-order valence-corrected chi connectivity index (χ1v) is 7.67. The molecule has 12 nitrogen and oxygen atoms in total. The van der Waals surface area contributed by atoms with Crippen LogP contribution >= 0.6 is 0 Å². The van der Waals surface area contributed by atoms with Gasteiger partial charge < -0.3 is 39.9 Å². The molecule has 4 atom stereocenters. The molecule has 0 aliphatic carbocycles. The van der Waals surface area contributed by atoms with Crippen LogP contribution in [-0.2, 0) is 37.8 Å². The Labute approximate surface area is 150 Å². The molecule has 26 heavy (non-hydrogen) atoms. The highest BCUT2D eigenvalue weighted by Crippen LogP contribution is 2.26. The van der Waals surface area contributed by atoms with Crippen LogP contribution in [0.3, 0.4) is 0 Å². The lowest BCUT2D eigenvalue weighted by atomic mass is 9.49. The van der Waals surface area contributed by atoms with Gasteiger partial charge in [0.2, 0.25) is 11.8 Å². The predicted molar refractivity (Wildman–Crippen MR) is 86.8 cm³/mol. The molecule has 142 valence electrons. The number of carbonyl (C=O) groups is 4. The number of rotatable bonds is 5. The predicted octanol–water partition coefficient (Wildman–Crippen LogP) is -4.24. The standard InChI is InChI=1S/C12H20B2N4O8/c1-17(2)11(21)7-5(9(15)19)23-13(25-7)14-24-6(10(16)20)8(26-14)12(22)18(3)4/h5-8H,1-4H3,(H2,15,19)(H2,16,20)/t5-,6-,7-,8-/m1/s1. The maximum Gasteiger partial charge on any atom is 0.489 e. The number of likely N-dealkylation sites (N-methyl/N-ethyl adjacent to an activating group) is 2. The van der Waals surface area contributed by atoms with Gasteiger partial charge >= 0.3 is 14.0 Å². The zero-order valence-electron chi connectivity index (χ0n) is 14.8. The molecule has 0 aromatic carbocycles. The smallest absolute Gasteiger partial charge is 0.399 e. The van der Waals surface area contributed by atoms with Gasteiger partial charge in [0.1, 0.15) is 0 Å². The summed E-state index contributed by atoms with van der Waals surface area (Å²) in [5.74, 6) is -2.94. The maximum absolute atomic E-state index is 12.2. The van der Waals surface area contributed by atoms with Crippen LogP contribution in [0.1, 0.15) is 0 Å². The van der Waals surface area contributed by atoms with Crippen LogP contribution < -0.4 is 11.5 Å². The first kappa shape index (κ1) is 20.2. The van der Waals surface area contributed by atoms with E-state index in [1.165, 1.54) is 38.0 Å². The Bertz CT molecular complexity index is 566. The molecule has 0 aromatic heterocycles. The van der Waals surface area contributed by atoms with Gasteiger partial charge in [-0.25, -0.2) is 0 Å². The molecule has 4 amide bonds. The number of amides is 4. The lowest BCUT2D eigenvalue weighted by Crippen LogP contribution is -2.45. The first-order chi connectivity index (χ1) is 12.0. The van der Waals surface area contributed by atoms with Crippen molar-refractivity contribution in [2.45, 2.75) is 24.4 Å². The van der Waals surface area contributed by atoms with Crippen LogP contribution in [0.2, 0.25) is 0 Å². The van der Waals surface area contributed by atoms with Gasteiger partial charge in [0.15, 0.2) is 24.4 Å². The van der Waals surface area contributed by atoms with Gasteiger partial charge in [-0.15, -0.1) is 0 Å². The Kier molecular flexibility index (Phi) is 5.91. The monoisotopic (exact) mass is 370 g/mol. The van der Waals surface area contributed by atoms with Crippen molar-refractivity contribution in [3.05, 3.63) is 0 Å². The number of primary amides is 2. The summed E-state index contributed by atoms with van der Waals surface area (Å²) < 4.78 is 21.5. The fraction of sp³-hybridized carbons (Fsp3) is 0.667. The molecule has 2 fully saturated rings. The molecule has 2 heterocycles. The summed E-state index contributed by atoms with van der Waals surface area (Å²) in [5, 5.41) is 0. The highest BCUT2D eigenvalue weighted by Gasteiger charge is 2.60. The van der Waals surface area contributed by atoms with Crippen LogP contribution in [0.5, 0.6) is 0 Å². The second-order valence-electron chi connectivity index (χ2n) is 6.23. The van der Waals surface area contributed by atoms with Crippen molar-refractivity contribution < 1.29 is 37.8 Å². The third kappa shape index (κ3) is 3.82. The van der Waals surface area contributed by atoms with E-state index in [2.05, 4.69) is 0 Å². The largest absolute Gasteiger partial charge is 0.489 e. The number of nitrogens with two attached hydrogens (primary N) is 2. The van der Waals surface area contributed by atoms with Crippen molar-refractivity contribution in [1.82, 2.24) is 9.80 Å². The molecule has 14 heteroatoms. The summed E-state index contributed by atoms with van der Waals surface area (Å²) in [6.45, 7) is 0. The highest BCUT2D eigenvalue weighted by molar-refractivity contribution is 7.11. The van der Waals surface area contributed by atoms with Crippen LogP contribution in [0.4, 0.5) is 0 Å². The molecule has 2 saturated heterocycles. The average Bonchev–Trinajstić information content (AvgIpc) is 3.17. The van der Waals surface area contributed by atoms with Crippen LogP contribution in [0.15, 0.2) is 0 Å². The molecule has 2 rings (SSSR count). The van der Waals surface area contributed by atoms with E-state index in [-0.39, 0.29) is 0 Å². The summed E-state index contributed by atoms with van der Waals surface area (Å²) in [5.41, 5.74) is 10.5. The van der Waals surface area contributed by atoms with E-state index in [0.717, 1.165) is 0 Å². The molecule has 0 saturated carbocycles. The van der Waals surface area contributed by atoms with Crippen LogP contribution in [0, 0.1) is 0 Å². The van der Waals surface area contributed by atoms with Crippen molar-refractivity contribution >= 4 is 37.6 Å². The number of hydrogen-bond acceptors (Lipinski definition) is 8. The van der Waals surface area contributed by atoms with E-state index in [1.807, 2.05) is 0 Å². The Morgan fingerprint density at radius 1 is 0.654 bits per heavy atom. The van der Waals surface area contributed by atoms with E-state index in [0.29, 0.717) is 0 Å². The highest BCUT2D eigenvalue weighted by atomic mass is 16.7. The normalized spacial score (nSPS) is 28.2. The Morgan fingerprint density at radius 2 is 0.923 bits per heavy atom. The van der Waals surface area contributed by atoms with Crippen molar-refractivity contribution in [2.24, 2.45) is 11.5 Å². The van der Waals surface area contributed by atoms with Gasteiger partial charge in [-0.05, 0) is 0 Å². The third-order valence-corrected chi connectivity index (χ3v) is 3.82. The topological polar surface area (TPSA) is 164 Å². The Morgan fingerprint density at radius 3 is 1.15 bits per heavy atom. The maximum atomic E-state index is 12.2. The SMILES string of the molecule is CN(C)C(=O)[C@@H]1OB(B2O[C@@H](C(N)=O)[C@H](C(=O)N(C)C)O2)O[C@H]1C(N)=O. The number of hydrogen-bond donors (Lipinski definition) is 2. The van der Waals surface area contributed by atoms with Crippen molar-refractivity contribution in [3.63, 3.8) is 0 Å². The Hall–Kier alpha value is -2.15. The molecule has 0 bridgehead atoms. The molecule has 0 aromatic rings. The minimum absolute atomic E-state index is 0.554. The molecule has 4 N–H and O–H groups in total. The van der Waals surface area contributed by atoms with Gasteiger partial charge in [0, 0.05) is 28.2 Å². The fourth-order valence-corrected chi connectivity index (χ4v) is 2.50. The quantitative estimate of drug-likeness (QED) is 0.460. The van der Waals surface area contributed by atoms with Crippen molar-refractivity contribution in [2.75, 3.05) is 28.2 Å². The van der Waals surface area contributed by atoms with Gasteiger partial charge in [0.25, 0.3) is 11.8 Å². The molecular weight excluding hydrogens is 350 g/mol. The van der Waals surface area contributed by atoms with E-state index < -0.39 is 62.1 Å². The molecule has 0 spiro atoms. The summed E-state index contributed by atoms with van der Waals surface area (Å²) in [7, 11) is 3.15. The second-order valence-corrected chi connectivity index (χ2v) is 6.23. The first-order valence-electron chi connectivity index (χ1n) is 7.67. The molecule has 2 aliphatic rings. The lowest BCUT2D eigenvalue weighted by Gasteiger charge is -2.19. The summed E-state index contributed by atoms with van der Waals surface area (Å²) in [6, 6.07) is 0. The average molecular weight is 370 g/mol. The van der Waals surface area contributed by atoms with Crippen LogP contribution in [-0.4, -0.2) is 100 Å². The molecule has 0 unspecified atom stereocenters. The number of nitrogens with zero attached hydrogens (tertiary/aromatic N) is 2. The van der Waals surface area contributed by atoms with Gasteiger partial charge in [-0.3, -0.25) is 19.2 Å². The summed E-state index contributed by atoms with van der Waals surface area (Å²) in [6.07, 6.45) is -5.37. The summed E-state index contributed by atoms with van der Waals surface area (Å²) >= 11 is 0. The van der Waals surface area contributed by atoms with Gasteiger partial charge in [0.05, 0.1) is 0 Å². The van der Waals surface area contributed by atoms with E-state index in [4.69, 9.17) is 30.1 Å². The minimum atomic E-state index is -1.38. The second kappa shape index (κ2) is 7.61. The van der Waals surface area contributed by atoms with E-state index >= 15 is 0 Å². The van der Waals surface area contributed by atoms with Crippen molar-refractivity contribution in [3.8, 4) is 0 Å². The van der Waals surface area contributed by atoms with Crippen molar-refractivity contribution in [1.29, 1.82) is 0 Å². The molecule has 0 radical (unpaired) electrons. The van der Waals surface area contributed by atoms with E-state index in [1.54, 1.807) is 0 Å². The zero-order chi connectivity index (χ0) is 19.8. The third-order valence-electron chi connectivity index (χ3n) is 3.82.